The van der Waals surface area contributed by atoms with E-state index in [1.807, 2.05) is 72.8 Å². The summed E-state index contributed by atoms with van der Waals surface area (Å²) in [6.45, 7) is 1.68. The fourth-order valence-electron chi connectivity index (χ4n) is 5.66. The molecule has 6 rings (SSSR count). The standard InChI is InChI=1S/C28H29NO6.C12H13NO4/c1-31-23-9-3-20(4-10-23)18-33-25-13-7-22(8-14-25)26(27-15-16-35-29-27)17-28(30)34-19-21-5-11-24(32-2)12-6-21;14-9-3-1-8(2-4-9)10(7-12(15)16)11-5-6-17-13-11/h3-14,26H,15-19H2,1-2H3;1-4,10,14H,5-7H2,(H,15,16). The molecule has 0 saturated carbocycles. The molecule has 0 fully saturated rings. The van der Waals surface area contributed by atoms with Gasteiger partial charge in [-0.05, 0) is 70.8 Å². The highest BCUT2D eigenvalue weighted by Gasteiger charge is 2.26. The number of carbonyl (C=O) groups is 2. The summed E-state index contributed by atoms with van der Waals surface area (Å²) in [4.78, 5) is 33.7. The van der Waals surface area contributed by atoms with Crippen LogP contribution in [0, 0.1) is 0 Å². The molecule has 0 aromatic heterocycles. The first-order valence-electron chi connectivity index (χ1n) is 16.8. The van der Waals surface area contributed by atoms with Gasteiger partial charge in [0.25, 0.3) is 0 Å². The Bertz CT molecular complexity index is 1810. The van der Waals surface area contributed by atoms with Crippen LogP contribution < -0.4 is 14.2 Å². The van der Waals surface area contributed by atoms with Crippen LogP contribution in [0.3, 0.4) is 0 Å². The van der Waals surface area contributed by atoms with E-state index in [1.54, 1.807) is 38.5 Å². The number of esters is 1. The molecule has 0 amide bonds. The molecule has 52 heavy (non-hydrogen) atoms. The summed E-state index contributed by atoms with van der Waals surface area (Å²) in [5.74, 6) is 0.814. The molecule has 12 nitrogen and oxygen atoms in total. The molecule has 2 aliphatic rings. The number of hydrogen-bond donors (Lipinski definition) is 2. The summed E-state index contributed by atoms with van der Waals surface area (Å²) >= 11 is 0. The number of aromatic hydroxyl groups is 1. The largest absolute Gasteiger partial charge is 0.508 e. The Morgan fingerprint density at radius 1 is 0.654 bits per heavy atom. The molecule has 2 unspecified atom stereocenters. The zero-order chi connectivity index (χ0) is 36.7. The molecular formula is C40H42N2O10. The van der Waals surface area contributed by atoms with Gasteiger partial charge in [0.05, 0.1) is 38.5 Å². The van der Waals surface area contributed by atoms with Crippen molar-refractivity contribution in [2.24, 2.45) is 10.3 Å². The number of aliphatic carboxylic acids is 1. The Morgan fingerprint density at radius 2 is 1.12 bits per heavy atom. The van der Waals surface area contributed by atoms with Crippen molar-refractivity contribution in [1.29, 1.82) is 0 Å². The topological polar surface area (TPSA) is 155 Å². The third-order valence-corrected chi connectivity index (χ3v) is 8.52. The summed E-state index contributed by atoms with van der Waals surface area (Å²) in [7, 11) is 3.26. The van der Waals surface area contributed by atoms with E-state index in [0.29, 0.717) is 32.7 Å². The van der Waals surface area contributed by atoms with Gasteiger partial charge in [-0.1, -0.05) is 58.8 Å². The van der Waals surface area contributed by atoms with E-state index in [2.05, 4.69) is 10.3 Å². The maximum atomic E-state index is 12.7. The first-order chi connectivity index (χ1) is 25.3. The third kappa shape index (κ3) is 11.0. The van der Waals surface area contributed by atoms with E-state index in [9.17, 15) is 14.7 Å². The van der Waals surface area contributed by atoms with Crippen molar-refractivity contribution >= 4 is 23.4 Å². The van der Waals surface area contributed by atoms with Crippen LogP contribution in [0.4, 0.5) is 0 Å². The minimum atomic E-state index is -0.877. The number of carbonyl (C=O) groups excluding carboxylic acids is 1. The number of oxime groups is 2. The monoisotopic (exact) mass is 710 g/mol. The van der Waals surface area contributed by atoms with Crippen LogP contribution in [0.1, 0.15) is 59.8 Å². The van der Waals surface area contributed by atoms with Gasteiger partial charge in [0.15, 0.2) is 0 Å². The van der Waals surface area contributed by atoms with E-state index in [-0.39, 0.29) is 43.0 Å². The number of hydrogen-bond acceptors (Lipinski definition) is 11. The van der Waals surface area contributed by atoms with E-state index in [4.69, 9.17) is 33.7 Å². The number of carboxylic acids is 1. The van der Waals surface area contributed by atoms with Crippen molar-refractivity contribution in [2.75, 3.05) is 27.4 Å². The van der Waals surface area contributed by atoms with Gasteiger partial charge in [-0.15, -0.1) is 0 Å². The van der Waals surface area contributed by atoms with Gasteiger partial charge in [-0.25, -0.2) is 0 Å². The molecule has 4 aromatic carbocycles. The van der Waals surface area contributed by atoms with Gasteiger partial charge in [-0.2, -0.15) is 0 Å². The summed E-state index contributed by atoms with van der Waals surface area (Å²) in [6, 6.07) is 29.4. The van der Waals surface area contributed by atoms with Gasteiger partial charge in [-0.3, -0.25) is 9.59 Å². The van der Waals surface area contributed by atoms with Crippen LogP contribution in [0.2, 0.25) is 0 Å². The maximum Gasteiger partial charge on any atom is 0.307 e. The third-order valence-electron chi connectivity index (χ3n) is 8.52. The molecule has 2 heterocycles. The van der Waals surface area contributed by atoms with Crippen molar-refractivity contribution in [3.8, 4) is 23.0 Å². The van der Waals surface area contributed by atoms with Crippen molar-refractivity contribution in [1.82, 2.24) is 0 Å². The first kappa shape index (κ1) is 37.2. The highest BCUT2D eigenvalue weighted by molar-refractivity contribution is 5.95. The lowest BCUT2D eigenvalue weighted by Crippen LogP contribution is -2.17. The number of phenolic OH excluding ortho intramolecular Hbond substituents is 1. The van der Waals surface area contributed by atoms with E-state index >= 15 is 0 Å². The number of methoxy groups -OCH3 is 2. The van der Waals surface area contributed by atoms with Crippen LogP contribution in [-0.4, -0.2) is 61.0 Å². The fourth-order valence-corrected chi connectivity index (χ4v) is 5.66. The SMILES string of the molecule is COc1ccc(COC(=O)CC(C2=NOCC2)c2ccc(OCc3ccc(OC)cc3)cc2)cc1.O=C(O)CC(C1=NOCC1)c1ccc(O)cc1. The van der Waals surface area contributed by atoms with Gasteiger partial charge in [0.2, 0.25) is 0 Å². The highest BCUT2D eigenvalue weighted by atomic mass is 16.6. The molecule has 0 bridgehead atoms. The molecule has 0 radical (unpaired) electrons. The fraction of sp³-hybridized carbons (Fsp3) is 0.300. The maximum absolute atomic E-state index is 12.7. The van der Waals surface area contributed by atoms with Crippen LogP contribution >= 0.6 is 0 Å². The number of nitrogens with zero attached hydrogens (tertiary/aromatic N) is 2. The molecule has 0 spiro atoms. The molecule has 2 atom stereocenters. The Hall–Kier alpha value is -6.04. The van der Waals surface area contributed by atoms with E-state index in [1.165, 1.54) is 0 Å². The van der Waals surface area contributed by atoms with Crippen molar-refractivity contribution < 1.29 is 48.4 Å². The van der Waals surface area contributed by atoms with E-state index in [0.717, 1.165) is 50.9 Å². The number of ether oxygens (including phenoxy) is 4. The lowest BCUT2D eigenvalue weighted by Gasteiger charge is -2.17. The Labute approximate surface area is 302 Å². The second-order valence-electron chi connectivity index (χ2n) is 12.0. The van der Waals surface area contributed by atoms with Crippen LogP contribution in [-0.2, 0) is 37.2 Å². The average molecular weight is 711 g/mol. The molecular weight excluding hydrogens is 668 g/mol. The lowest BCUT2D eigenvalue weighted by atomic mass is 9.89. The summed E-state index contributed by atoms with van der Waals surface area (Å²) in [5, 5.41) is 26.2. The number of rotatable bonds is 15. The highest BCUT2D eigenvalue weighted by Crippen LogP contribution is 2.29. The molecule has 0 aliphatic carbocycles. The predicted octanol–water partition coefficient (Wildman–Crippen LogP) is 7.00. The molecule has 272 valence electrons. The Kier molecular flexibility index (Phi) is 13.5. The molecule has 12 heteroatoms. The molecule has 0 saturated heterocycles. The van der Waals surface area contributed by atoms with Gasteiger partial charge < -0.3 is 38.8 Å². The van der Waals surface area contributed by atoms with Gasteiger partial charge >= 0.3 is 11.9 Å². The average Bonchev–Trinajstić information content (AvgIpc) is 3.92. The quantitative estimate of drug-likeness (QED) is 0.123. The second-order valence-corrected chi connectivity index (χ2v) is 12.0. The summed E-state index contributed by atoms with van der Waals surface area (Å²) < 4.78 is 21.8. The number of carboxylic acid groups (broad SMARTS) is 1. The van der Waals surface area contributed by atoms with Gasteiger partial charge in [0, 0.05) is 24.7 Å². The minimum Gasteiger partial charge on any atom is -0.508 e. The lowest BCUT2D eigenvalue weighted by molar-refractivity contribution is -0.145. The number of benzene rings is 4. The summed E-state index contributed by atoms with van der Waals surface area (Å²) in [6.07, 6.45) is 1.50. The normalized spacial score (nSPS) is 14.3. The van der Waals surface area contributed by atoms with Crippen LogP contribution in [0.15, 0.2) is 107 Å². The Morgan fingerprint density at radius 3 is 1.58 bits per heavy atom. The molecule has 4 aromatic rings. The van der Waals surface area contributed by atoms with Crippen molar-refractivity contribution in [3.63, 3.8) is 0 Å². The van der Waals surface area contributed by atoms with Crippen LogP contribution in [0.5, 0.6) is 23.0 Å². The zero-order valence-electron chi connectivity index (χ0n) is 29.1. The van der Waals surface area contributed by atoms with Crippen LogP contribution in [0.25, 0.3) is 0 Å². The predicted molar refractivity (Wildman–Crippen MR) is 193 cm³/mol. The zero-order valence-corrected chi connectivity index (χ0v) is 29.1. The molecule has 2 aliphatic heterocycles. The van der Waals surface area contributed by atoms with Gasteiger partial charge in [0.1, 0.15) is 49.4 Å². The van der Waals surface area contributed by atoms with Crippen molar-refractivity contribution in [2.45, 2.75) is 50.7 Å². The van der Waals surface area contributed by atoms with Crippen molar-refractivity contribution in [3.05, 3.63) is 119 Å². The Balaban J connectivity index is 0.000000257. The van der Waals surface area contributed by atoms with E-state index < -0.39 is 5.97 Å². The second kappa shape index (κ2) is 18.8. The molecule has 2 N–H and O–H groups in total. The number of phenols is 1. The smallest absolute Gasteiger partial charge is 0.307 e. The first-order valence-corrected chi connectivity index (χ1v) is 16.8. The summed E-state index contributed by atoms with van der Waals surface area (Å²) in [5.41, 5.74) is 5.33. The minimum absolute atomic E-state index is 0.0209.